The van der Waals surface area contributed by atoms with Gasteiger partial charge in [-0.25, -0.2) is 4.98 Å². The van der Waals surface area contributed by atoms with Crippen molar-refractivity contribution in [1.29, 1.82) is 0 Å². The van der Waals surface area contributed by atoms with Crippen LogP contribution in [0, 0.1) is 11.8 Å². The van der Waals surface area contributed by atoms with Crippen molar-refractivity contribution in [3.05, 3.63) is 89.5 Å². The third-order valence-corrected chi connectivity index (χ3v) is 7.27. The number of ether oxygens (including phenoxy) is 1. The summed E-state index contributed by atoms with van der Waals surface area (Å²) in [6.45, 7) is 4.50. The number of pyridine rings is 1. The number of carbonyl (C=O) groups is 1. The molecule has 4 aromatic rings. The first-order valence-corrected chi connectivity index (χ1v) is 13.2. The molecule has 6 rings (SSSR count). The largest absolute Gasteiger partial charge is 0.382 e. The molecule has 1 aromatic heterocycles. The summed E-state index contributed by atoms with van der Waals surface area (Å²) in [5.41, 5.74) is 12.3. The molecule has 2 fully saturated rings. The third kappa shape index (κ3) is 4.81. The van der Waals surface area contributed by atoms with Gasteiger partial charge in [0.15, 0.2) is 0 Å². The number of likely N-dealkylation sites (tertiary alicyclic amines) is 1. The number of amides is 1. The Kier molecular flexibility index (Phi) is 6.68. The molecule has 2 saturated heterocycles. The van der Waals surface area contributed by atoms with Crippen LogP contribution in [0.3, 0.4) is 0 Å². The number of nitrogen functional groups attached to an aromatic ring is 1. The summed E-state index contributed by atoms with van der Waals surface area (Å²) in [5.74, 6) is 7.22. The number of hydrogen-bond donors (Lipinski definition) is 1. The normalized spacial score (nSPS) is 15.4. The Morgan fingerprint density at radius 2 is 1.66 bits per heavy atom. The van der Waals surface area contributed by atoms with Crippen LogP contribution in [-0.2, 0) is 4.74 Å². The molecular formula is C32H30N4O2. The van der Waals surface area contributed by atoms with Gasteiger partial charge in [0.25, 0.3) is 5.91 Å². The van der Waals surface area contributed by atoms with E-state index in [4.69, 9.17) is 15.5 Å². The molecule has 2 aliphatic rings. The maximum absolute atomic E-state index is 13.7. The number of nitrogens with two attached hydrogens (primary N) is 1. The van der Waals surface area contributed by atoms with E-state index in [-0.39, 0.29) is 5.91 Å². The summed E-state index contributed by atoms with van der Waals surface area (Å²) < 4.78 is 5.52. The number of anilines is 2. The quantitative estimate of drug-likeness (QED) is 0.401. The third-order valence-electron chi connectivity index (χ3n) is 7.27. The summed E-state index contributed by atoms with van der Waals surface area (Å²) in [4.78, 5) is 22.5. The van der Waals surface area contributed by atoms with Crippen molar-refractivity contribution in [3.8, 4) is 23.0 Å². The molecule has 190 valence electrons. The molecule has 6 heteroatoms. The molecule has 0 radical (unpaired) electrons. The second-order valence-electron chi connectivity index (χ2n) is 9.74. The molecule has 38 heavy (non-hydrogen) atoms. The number of rotatable bonds is 3. The molecule has 0 unspecified atom stereocenters. The van der Waals surface area contributed by atoms with Crippen LogP contribution < -0.4 is 10.6 Å². The number of nitrogens with zero attached hydrogens (tertiary/aromatic N) is 3. The van der Waals surface area contributed by atoms with Gasteiger partial charge in [-0.15, -0.1) is 0 Å². The van der Waals surface area contributed by atoms with E-state index >= 15 is 0 Å². The molecule has 2 N–H and O–H groups in total. The minimum absolute atomic E-state index is 0.0606. The maximum Gasteiger partial charge on any atom is 0.254 e. The van der Waals surface area contributed by atoms with Crippen LogP contribution in [0.1, 0.15) is 34.3 Å². The van der Waals surface area contributed by atoms with Crippen LogP contribution >= 0.6 is 0 Å². The Hall–Kier alpha value is -4.34. The first-order valence-electron chi connectivity index (χ1n) is 13.2. The summed E-state index contributed by atoms with van der Waals surface area (Å²) >= 11 is 0. The SMILES string of the molecule is Nc1nc2ccc(-c3c(C#Cc4ccccc4)cccc3C(=O)N3CCCC3)cc2cc1N1CCOCC1. The van der Waals surface area contributed by atoms with Crippen LogP contribution in [0.15, 0.2) is 72.8 Å². The second kappa shape index (κ2) is 10.6. The van der Waals surface area contributed by atoms with Crippen molar-refractivity contribution >= 4 is 28.3 Å². The Bertz CT molecular complexity index is 1540. The molecule has 0 aliphatic carbocycles. The zero-order valence-electron chi connectivity index (χ0n) is 21.3. The molecular weight excluding hydrogens is 472 g/mol. The van der Waals surface area contributed by atoms with Crippen LogP contribution in [0.5, 0.6) is 0 Å². The van der Waals surface area contributed by atoms with Gasteiger partial charge in [-0.2, -0.15) is 0 Å². The zero-order valence-corrected chi connectivity index (χ0v) is 21.3. The first-order chi connectivity index (χ1) is 18.7. The standard InChI is InChI=1S/C32H30N4O2/c33-31-29(35-17-19-38-20-18-35)22-26-21-25(13-14-28(26)34-31)30-24(12-11-23-7-2-1-3-8-23)9-6-10-27(30)32(37)36-15-4-5-16-36/h1-3,6-10,13-14,21-22H,4-5,15-20H2,(H2,33,34). The fraction of sp³-hybridized carbons (Fsp3) is 0.250. The Morgan fingerprint density at radius 1 is 0.868 bits per heavy atom. The molecule has 0 atom stereocenters. The van der Waals surface area contributed by atoms with Crippen molar-refractivity contribution < 1.29 is 9.53 Å². The summed E-state index contributed by atoms with van der Waals surface area (Å²) in [7, 11) is 0. The van der Waals surface area contributed by atoms with Gasteiger partial charge < -0.3 is 20.3 Å². The highest BCUT2D eigenvalue weighted by molar-refractivity contribution is 6.03. The Labute approximate surface area is 223 Å². The minimum Gasteiger partial charge on any atom is -0.382 e. The highest BCUT2D eigenvalue weighted by atomic mass is 16.5. The number of fused-ring (bicyclic) bond motifs is 1. The second-order valence-corrected chi connectivity index (χ2v) is 9.74. The van der Waals surface area contributed by atoms with E-state index in [2.05, 4.69) is 28.9 Å². The number of carbonyl (C=O) groups excluding carboxylic acids is 1. The van der Waals surface area contributed by atoms with Gasteiger partial charge >= 0.3 is 0 Å². The lowest BCUT2D eigenvalue weighted by Crippen LogP contribution is -2.36. The zero-order chi connectivity index (χ0) is 25.9. The summed E-state index contributed by atoms with van der Waals surface area (Å²) in [6.07, 6.45) is 2.09. The van der Waals surface area contributed by atoms with E-state index in [1.54, 1.807) is 0 Å². The number of benzene rings is 3. The van der Waals surface area contributed by atoms with E-state index in [9.17, 15) is 4.79 Å². The van der Waals surface area contributed by atoms with Gasteiger partial charge in [0.1, 0.15) is 5.82 Å². The monoisotopic (exact) mass is 502 g/mol. The lowest BCUT2D eigenvalue weighted by Gasteiger charge is -2.29. The minimum atomic E-state index is 0.0606. The Morgan fingerprint density at radius 3 is 2.45 bits per heavy atom. The number of hydrogen-bond acceptors (Lipinski definition) is 5. The van der Waals surface area contributed by atoms with Gasteiger partial charge in [0.2, 0.25) is 0 Å². The predicted molar refractivity (Wildman–Crippen MR) is 152 cm³/mol. The fourth-order valence-corrected chi connectivity index (χ4v) is 5.29. The average Bonchev–Trinajstić information content (AvgIpc) is 3.51. The molecule has 6 nitrogen and oxygen atoms in total. The number of morpholine rings is 1. The van der Waals surface area contributed by atoms with Gasteiger partial charge in [-0.3, -0.25) is 4.79 Å². The smallest absolute Gasteiger partial charge is 0.254 e. The predicted octanol–water partition coefficient (Wildman–Crippen LogP) is 4.96. The molecule has 0 saturated carbocycles. The van der Waals surface area contributed by atoms with Crippen molar-refractivity contribution in [2.45, 2.75) is 12.8 Å². The summed E-state index contributed by atoms with van der Waals surface area (Å²) in [5, 5.41) is 0.976. The molecule has 2 aliphatic heterocycles. The van der Waals surface area contributed by atoms with Crippen molar-refractivity contribution in [3.63, 3.8) is 0 Å². The molecule has 0 bridgehead atoms. The van der Waals surface area contributed by atoms with E-state index < -0.39 is 0 Å². The highest BCUT2D eigenvalue weighted by Gasteiger charge is 2.24. The van der Waals surface area contributed by atoms with Crippen LogP contribution in [-0.4, -0.2) is 55.2 Å². The number of aromatic nitrogens is 1. The topological polar surface area (TPSA) is 71.7 Å². The van der Waals surface area contributed by atoms with Crippen LogP contribution in [0.25, 0.3) is 22.0 Å². The summed E-state index contributed by atoms with van der Waals surface area (Å²) in [6, 6.07) is 24.0. The Balaban J connectivity index is 1.49. The van der Waals surface area contributed by atoms with Crippen molar-refractivity contribution in [1.82, 2.24) is 9.88 Å². The highest BCUT2D eigenvalue weighted by Crippen LogP contribution is 2.34. The molecule has 1 amide bonds. The first kappa shape index (κ1) is 24.0. The van der Waals surface area contributed by atoms with Crippen molar-refractivity contribution in [2.24, 2.45) is 0 Å². The van der Waals surface area contributed by atoms with Crippen LogP contribution in [0.4, 0.5) is 11.5 Å². The van der Waals surface area contributed by atoms with Gasteiger partial charge in [0.05, 0.1) is 24.4 Å². The van der Waals surface area contributed by atoms with E-state index in [1.165, 1.54) is 0 Å². The van der Waals surface area contributed by atoms with Gasteiger partial charge in [-0.1, -0.05) is 42.2 Å². The molecule has 0 spiro atoms. The van der Waals surface area contributed by atoms with E-state index in [1.807, 2.05) is 65.6 Å². The van der Waals surface area contributed by atoms with Gasteiger partial charge in [-0.05, 0) is 60.9 Å². The van der Waals surface area contributed by atoms with E-state index in [0.29, 0.717) is 24.6 Å². The average molecular weight is 503 g/mol. The lowest BCUT2D eigenvalue weighted by atomic mass is 9.92. The van der Waals surface area contributed by atoms with E-state index in [0.717, 1.165) is 77.9 Å². The maximum atomic E-state index is 13.7. The fourth-order valence-electron chi connectivity index (χ4n) is 5.29. The molecule has 3 heterocycles. The molecule has 3 aromatic carbocycles. The van der Waals surface area contributed by atoms with Crippen molar-refractivity contribution in [2.75, 3.05) is 50.0 Å². The van der Waals surface area contributed by atoms with Gasteiger partial charge in [0, 0.05) is 53.8 Å². The lowest BCUT2D eigenvalue weighted by molar-refractivity contribution is 0.0793. The van der Waals surface area contributed by atoms with Crippen LogP contribution in [0.2, 0.25) is 0 Å².